The number of nitrogens with one attached hydrogen (secondary N) is 1. The standard InChI is InChI=1S/C17H22N2O2/c1-12-8-13(2)10-15(9-12)19-17(21)16-6-5-14(11-18-16)4-3-7-20/h5-6,11-13,15,20H,7-10H2,1-2H3,(H,19,21). The van der Waals surface area contributed by atoms with Gasteiger partial charge in [-0.25, -0.2) is 4.98 Å². The summed E-state index contributed by atoms with van der Waals surface area (Å²) >= 11 is 0. The summed E-state index contributed by atoms with van der Waals surface area (Å²) in [5.74, 6) is 6.50. The van der Waals surface area contributed by atoms with Gasteiger partial charge in [-0.15, -0.1) is 0 Å². The lowest BCUT2D eigenvalue weighted by Crippen LogP contribution is -2.40. The SMILES string of the molecule is CC1CC(C)CC(NC(=O)c2ccc(C#CCO)cn2)C1. The number of aliphatic hydroxyl groups is 1. The molecule has 2 atom stereocenters. The highest BCUT2D eigenvalue weighted by molar-refractivity contribution is 5.92. The van der Waals surface area contributed by atoms with Crippen LogP contribution < -0.4 is 5.32 Å². The molecular weight excluding hydrogens is 264 g/mol. The Morgan fingerprint density at radius 3 is 2.62 bits per heavy atom. The fourth-order valence-electron chi connectivity index (χ4n) is 3.07. The Labute approximate surface area is 126 Å². The predicted molar refractivity (Wildman–Crippen MR) is 81.6 cm³/mol. The zero-order valence-corrected chi connectivity index (χ0v) is 12.6. The zero-order chi connectivity index (χ0) is 15.2. The molecule has 1 fully saturated rings. The summed E-state index contributed by atoms with van der Waals surface area (Å²) in [6.07, 6.45) is 4.87. The molecule has 0 spiro atoms. The van der Waals surface area contributed by atoms with Crippen LogP contribution >= 0.6 is 0 Å². The Morgan fingerprint density at radius 2 is 2.05 bits per heavy atom. The Kier molecular flexibility index (Phi) is 5.35. The maximum absolute atomic E-state index is 12.2. The van der Waals surface area contributed by atoms with Crippen LogP contribution in [0.3, 0.4) is 0 Å². The third-order valence-electron chi connectivity index (χ3n) is 3.82. The first-order valence-corrected chi connectivity index (χ1v) is 7.45. The Morgan fingerprint density at radius 1 is 1.33 bits per heavy atom. The Balaban J connectivity index is 1.96. The third kappa shape index (κ3) is 4.57. The van der Waals surface area contributed by atoms with Gasteiger partial charge < -0.3 is 10.4 Å². The van der Waals surface area contributed by atoms with Crippen molar-refractivity contribution in [1.82, 2.24) is 10.3 Å². The lowest BCUT2D eigenvalue weighted by atomic mass is 9.80. The van der Waals surface area contributed by atoms with Crippen LogP contribution in [0.5, 0.6) is 0 Å². The van der Waals surface area contributed by atoms with Gasteiger partial charge in [-0.1, -0.05) is 25.7 Å². The van der Waals surface area contributed by atoms with E-state index >= 15 is 0 Å². The van der Waals surface area contributed by atoms with Gasteiger partial charge in [0, 0.05) is 17.8 Å². The first-order chi connectivity index (χ1) is 10.1. The van der Waals surface area contributed by atoms with Crippen LogP contribution in [-0.4, -0.2) is 28.6 Å². The van der Waals surface area contributed by atoms with E-state index < -0.39 is 0 Å². The zero-order valence-electron chi connectivity index (χ0n) is 12.6. The molecule has 0 saturated heterocycles. The highest BCUT2D eigenvalue weighted by Crippen LogP contribution is 2.28. The number of aliphatic hydroxyl groups excluding tert-OH is 1. The Bertz CT molecular complexity index is 532. The molecule has 1 aliphatic carbocycles. The van der Waals surface area contributed by atoms with Gasteiger partial charge in [0.05, 0.1) is 0 Å². The average molecular weight is 286 g/mol. The molecule has 1 aromatic rings. The summed E-state index contributed by atoms with van der Waals surface area (Å²) in [6, 6.07) is 3.66. The third-order valence-corrected chi connectivity index (χ3v) is 3.82. The van der Waals surface area contributed by atoms with E-state index in [2.05, 4.69) is 36.0 Å². The van der Waals surface area contributed by atoms with E-state index in [9.17, 15) is 4.79 Å². The largest absolute Gasteiger partial charge is 0.384 e. The van der Waals surface area contributed by atoms with Crippen molar-refractivity contribution in [3.8, 4) is 11.8 Å². The first kappa shape index (κ1) is 15.5. The summed E-state index contributed by atoms with van der Waals surface area (Å²) in [6.45, 7) is 4.30. The minimum Gasteiger partial charge on any atom is -0.384 e. The molecule has 0 aliphatic heterocycles. The molecule has 2 unspecified atom stereocenters. The van der Waals surface area contributed by atoms with Crippen molar-refractivity contribution < 1.29 is 9.90 Å². The smallest absolute Gasteiger partial charge is 0.270 e. The fourth-order valence-corrected chi connectivity index (χ4v) is 3.07. The molecule has 2 N–H and O–H groups in total. The van der Waals surface area contributed by atoms with Crippen molar-refractivity contribution in [2.75, 3.05) is 6.61 Å². The average Bonchev–Trinajstić information content (AvgIpc) is 2.44. The Hall–Kier alpha value is -1.86. The van der Waals surface area contributed by atoms with Gasteiger partial charge in [-0.05, 0) is 43.2 Å². The van der Waals surface area contributed by atoms with Crippen molar-refractivity contribution in [3.63, 3.8) is 0 Å². The summed E-state index contributed by atoms with van der Waals surface area (Å²) in [7, 11) is 0. The van der Waals surface area contributed by atoms with Crippen LogP contribution in [0, 0.1) is 23.7 Å². The summed E-state index contributed by atoms with van der Waals surface area (Å²) in [5, 5.41) is 11.7. The van der Waals surface area contributed by atoms with Gasteiger partial charge in [-0.2, -0.15) is 0 Å². The van der Waals surface area contributed by atoms with Crippen molar-refractivity contribution in [1.29, 1.82) is 0 Å². The number of hydrogen-bond acceptors (Lipinski definition) is 3. The van der Waals surface area contributed by atoms with Crippen molar-refractivity contribution >= 4 is 5.91 Å². The molecule has 21 heavy (non-hydrogen) atoms. The predicted octanol–water partition coefficient (Wildman–Crippen LogP) is 1.98. The highest BCUT2D eigenvalue weighted by Gasteiger charge is 2.25. The summed E-state index contributed by atoms with van der Waals surface area (Å²) in [4.78, 5) is 16.3. The van der Waals surface area contributed by atoms with E-state index in [1.165, 1.54) is 6.42 Å². The number of carbonyl (C=O) groups excluding carboxylic acids is 1. The molecule has 0 bridgehead atoms. The van der Waals surface area contributed by atoms with E-state index in [1.807, 2.05) is 0 Å². The van der Waals surface area contributed by atoms with Gasteiger partial charge in [0.25, 0.3) is 5.91 Å². The molecule has 0 radical (unpaired) electrons. The number of pyridine rings is 1. The first-order valence-electron chi connectivity index (χ1n) is 7.45. The molecule has 1 aromatic heterocycles. The minimum absolute atomic E-state index is 0.122. The number of hydrogen-bond donors (Lipinski definition) is 2. The van der Waals surface area contributed by atoms with E-state index in [1.54, 1.807) is 18.3 Å². The number of carbonyl (C=O) groups is 1. The molecule has 1 heterocycles. The van der Waals surface area contributed by atoms with Crippen LogP contribution in [0.1, 0.15) is 49.2 Å². The lowest BCUT2D eigenvalue weighted by molar-refractivity contribution is 0.0906. The molecule has 2 rings (SSSR count). The maximum atomic E-state index is 12.2. The van der Waals surface area contributed by atoms with Crippen LogP contribution in [0.2, 0.25) is 0 Å². The number of aromatic nitrogens is 1. The summed E-state index contributed by atoms with van der Waals surface area (Å²) in [5.41, 5.74) is 1.11. The van der Waals surface area contributed by atoms with Gasteiger partial charge in [0.2, 0.25) is 0 Å². The summed E-state index contributed by atoms with van der Waals surface area (Å²) < 4.78 is 0. The highest BCUT2D eigenvalue weighted by atomic mass is 16.2. The monoisotopic (exact) mass is 286 g/mol. The molecule has 4 heteroatoms. The number of amides is 1. The lowest BCUT2D eigenvalue weighted by Gasteiger charge is -2.31. The van der Waals surface area contributed by atoms with Gasteiger partial charge in [0.15, 0.2) is 0 Å². The van der Waals surface area contributed by atoms with Crippen LogP contribution in [0.25, 0.3) is 0 Å². The minimum atomic E-state index is -0.180. The second-order valence-corrected chi connectivity index (χ2v) is 5.98. The number of nitrogens with zero attached hydrogens (tertiary/aromatic N) is 1. The second kappa shape index (κ2) is 7.24. The van der Waals surface area contributed by atoms with Gasteiger partial charge >= 0.3 is 0 Å². The fraction of sp³-hybridized carbons (Fsp3) is 0.529. The van der Waals surface area contributed by atoms with Crippen LogP contribution in [0.15, 0.2) is 18.3 Å². The molecule has 4 nitrogen and oxygen atoms in total. The molecular formula is C17H22N2O2. The van der Waals surface area contributed by atoms with Gasteiger partial charge in [-0.3, -0.25) is 4.79 Å². The normalized spacial score (nSPS) is 24.8. The second-order valence-electron chi connectivity index (χ2n) is 5.98. The molecule has 1 saturated carbocycles. The van der Waals surface area contributed by atoms with E-state index in [0.717, 1.165) is 12.8 Å². The molecule has 1 aliphatic rings. The topological polar surface area (TPSA) is 62.2 Å². The van der Waals surface area contributed by atoms with Crippen molar-refractivity contribution in [2.24, 2.45) is 11.8 Å². The maximum Gasteiger partial charge on any atom is 0.270 e. The molecule has 112 valence electrons. The van der Waals surface area contributed by atoms with E-state index in [-0.39, 0.29) is 18.6 Å². The van der Waals surface area contributed by atoms with Gasteiger partial charge in [0.1, 0.15) is 12.3 Å². The molecule has 1 amide bonds. The molecule has 0 aromatic carbocycles. The van der Waals surface area contributed by atoms with Crippen LogP contribution in [0.4, 0.5) is 0 Å². The number of rotatable bonds is 2. The van der Waals surface area contributed by atoms with E-state index in [0.29, 0.717) is 23.1 Å². The van der Waals surface area contributed by atoms with Crippen LogP contribution in [-0.2, 0) is 0 Å². The van der Waals surface area contributed by atoms with Crippen molar-refractivity contribution in [3.05, 3.63) is 29.6 Å². The quantitative estimate of drug-likeness (QED) is 0.817. The van der Waals surface area contributed by atoms with Crippen molar-refractivity contribution in [2.45, 2.75) is 39.2 Å². The van der Waals surface area contributed by atoms with E-state index in [4.69, 9.17) is 5.11 Å².